The van der Waals surface area contributed by atoms with Crippen molar-refractivity contribution in [2.45, 2.75) is 19.1 Å². The lowest BCUT2D eigenvalue weighted by molar-refractivity contribution is 0.204. The van der Waals surface area contributed by atoms with E-state index in [4.69, 9.17) is 4.74 Å². The van der Waals surface area contributed by atoms with Gasteiger partial charge in [-0.15, -0.1) is 0 Å². The fourth-order valence-corrected chi connectivity index (χ4v) is 3.55. The van der Waals surface area contributed by atoms with Crippen LogP contribution in [0.15, 0.2) is 54.6 Å². The summed E-state index contributed by atoms with van der Waals surface area (Å²) in [6, 6.07) is 17.3. The number of hydrogen-bond donors (Lipinski definition) is 1. The van der Waals surface area contributed by atoms with Crippen LogP contribution in [0.5, 0.6) is 5.75 Å². The zero-order chi connectivity index (χ0) is 16.3. The molecule has 1 N–H and O–H groups in total. The van der Waals surface area contributed by atoms with Gasteiger partial charge < -0.3 is 4.74 Å². The Kier molecular flexibility index (Phi) is 4.66. The number of nitrogens with zero attached hydrogens (tertiary/aromatic N) is 1. The number of para-hydroxylation sites is 1. The van der Waals surface area contributed by atoms with E-state index < -0.39 is 10.2 Å². The van der Waals surface area contributed by atoms with Crippen molar-refractivity contribution >= 4 is 10.2 Å². The van der Waals surface area contributed by atoms with E-state index in [1.807, 2.05) is 54.6 Å². The molecule has 1 unspecified atom stereocenters. The van der Waals surface area contributed by atoms with Gasteiger partial charge in [0.1, 0.15) is 11.9 Å². The van der Waals surface area contributed by atoms with Crippen LogP contribution in [-0.4, -0.2) is 32.4 Å². The van der Waals surface area contributed by atoms with Crippen LogP contribution in [0.4, 0.5) is 0 Å². The van der Waals surface area contributed by atoms with Crippen molar-refractivity contribution < 1.29 is 13.2 Å². The maximum absolute atomic E-state index is 12.3. The van der Waals surface area contributed by atoms with Gasteiger partial charge in [0.2, 0.25) is 0 Å². The van der Waals surface area contributed by atoms with Crippen molar-refractivity contribution in [2.75, 3.05) is 13.6 Å². The Hall–Kier alpha value is -1.89. The topological polar surface area (TPSA) is 58.6 Å². The number of hydrogen-bond acceptors (Lipinski definition) is 3. The van der Waals surface area contributed by atoms with Crippen LogP contribution < -0.4 is 9.46 Å². The van der Waals surface area contributed by atoms with E-state index in [2.05, 4.69) is 4.72 Å². The molecule has 1 atom stereocenters. The van der Waals surface area contributed by atoms with Gasteiger partial charge >= 0.3 is 0 Å². The molecule has 1 aliphatic rings. The van der Waals surface area contributed by atoms with Gasteiger partial charge in [-0.3, -0.25) is 0 Å². The smallest absolute Gasteiger partial charge is 0.279 e. The Morgan fingerprint density at radius 1 is 1.13 bits per heavy atom. The van der Waals surface area contributed by atoms with Crippen molar-refractivity contribution in [1.29, 1.82) is 0 Å². The van der Waals surface area contributed by atoms with Gasteiger partial charge in [-0.25, -0.2) is 0 Å². The van der Waals surface area contributed by atoms with Crippen LogP contribution in [0.3, 0.4) is 0 Å². The summed E-state index contributed by atoms with van der Waals surface area (Å²) in [7, 11) is -1.96. The van der Waals surface area contributed by atoms with Crippen molar-refractivity contribution in [3.05, 3.63) is 65.7 Å². The standard InChI is InChI=1S/C17H20N2O3S/c1-19(13-16-11-15-9-5-6-10-17(15)22-16)23(20,21)18-12-14-7-3-2-4-8-14/h2-10,16,18H,11-13H2,1H3. The van der Waals surface area contributed by atoms with E-state index in [0.29, 0.717) is 6.54 Å². The molecule has 0 saturated carbocycles. The van der Waals surface area contributed by atoms with Crippen LogP contribution in [0.2, 0.25) is 0 Å². The molecule has 0 aliphatic carbocycles. The van der Waals surface area contributed by atoms with E-state index in [9.17, 15) is 8.42 Å². The first-order valence-corrected chi connectivity index (χ1v) is 8.98. The zero-order valence-electron chi connectivity index (χ0n) is 13.0. The normalized spacial score (nSPS) is 17.0. The molecular weight excluding hydrogens is 312 g/mol. The molecule has 2 aromatic rings. The highest BCUT2D eigenvalue weighted by Crippen LogP contribution is 2.28. The number of rotatable bonds is 6. The highest BCUT2D eigenvalue weighted by Gasteiger charge is 2.27. The highest BCUT2D eigenvalue weighted by atomic mass is 32.2. The number of benzene rings is 2. The lowest BCUT2D eigenvalue weighted by Crippen LogP contribution is -2.42. The number of fused-ring (bicyclic) bond motifs is 1. The van der Waals surface area contributed by atoms with Crippen LogP contribution in [0.25, 0.3) is 0 Å². The summed E-state index contributed by atoms with van der Waals surface area (Å²) < 4.78 is 34.4. The monoisotopic (exact) mass is 332 g/mol. The minimum absolute atomic E-state index is 0.147. The Morgan fingerprint density at radius 3 is 2.57 bits per heavy atom. The first-order valence-electron chi connectivity index (χ1n) is 7.54. The predicted octanol–water partition coefficient (Wildman–Crippen LogP) is 1.96. The van der Waals surface area contributed by atoms with Crippen LogP contribution in [0.1, 0.15) is 11.1 Å². The van der Waals surface area contributed by atoms with Gasteiger partial charge in [-0.2, -0.15) is 17.4 Å². The Balaban J connectivity index is 1.56. The van der Waals surface area contributed by atoms with Crippen molar-refractivity contribution in [1.82, 2.24) is 9.03 Å². The summed E-state index contributed by atoms with van der Waals surface area (Å²) in [4.78, 5) is 0. The molecule has 0 radical (unpaired) electrons. The van der Waals surface area contributed by atoms with Gasteiger partial charge in [0.05, 0.1) is 6.54 Å². The Bertz CT molecular complexity index is 737. The fraction of sp³-hybridized carbons (Fsp3) is 0.294. The lowest BCUT2D eigenvalue weighted by Gasteiger charge is -2.21. The molecule has 5 nitrogen and oxygen atoms in total. The molecule has 0 saturated heterocycles. The minimum Gasteiger partial charge on any atom is -0.488 e. The molecule has 23 heavy (non-hydrogen) atoms. The van der Waals surface area contributed by atoms with Crippen LogP contribution in [0, 0.1) is 0 Å². The van der Waals surface area contributed by atoms with Gasteiger partial charge in [0.25, 0.3) is 10.2 Å². The van der Waals surface area contributed by atoms with Gasteiger partial charge in [0, 0.05) is 20.0 Å². The molecule has 1 heterocycles. The third kappa shape index (κ3) is 3.90. The molecule has 3 rings (SSSR count). The Labute approximate surface area is 137 Å². The molecule has 2 aromatic carbocycles. The first kappa shape index (κ1) is 16.0. The largest absolute Gasteiger partial charge is 0.488 e. The van der Waals surface area contributed by atoms with Crippen molar-refractivity contribution in [3.8, 4) is 5.75 Å². The molecular formula is C17H20N2O3S. The average molecular weight is 332 g/mol. The van der Waals surface area contributed by atoms with E-state index in [1.165, 1.54) is 4.31 Å². The van der Waals surface area contributed by atoms with Gasteiger partial charge in [-0.05, 0) is 17.2 Å². The molecule has 0 fully saturated rings. The summed E-state index contributed by atoms with van der Waals surface area (Å²) in [6.45, 7) is 0.595. The van der Waals surface area contributed by atoms with Crippen molar-refractivity contribution in [2.24, 2.45) is 0 Å². The summed E-state index contributed by atoms with van der Waals surface area (Å²) in [6.07, 6.45) is 0.583. The maximum atomic E-state index is 12.3. The summed E-state index contributed by atoms with van der Waals surface area (Å²) in [5.74, 6) is 0.848. The SMILES string of the molecule is CN(CC1Cc2ccccc2O1)S(=O)(=O)NCc1ccccc1. The summed E-state index contributed by atoms with van der Waals surface area (Å²) in [5, 5.41) is 0. The predicted molar refractivity (Wildman–Crippen MR) is 89.4 cm³/mol. The summed E-state index contributed by atoms with van der Waals surface area (Å²) >= 11 is 0. The quantitative estimate of drug-likeness (QED) is 0.880. The molecule has 6 heteroatoms. The van der Waals surface area contributed by atoms with Crippen LogP contribution in [-0.2, 0) is 23.2 Å². The lowest BCUT2D eigenvalue weighted by atomic mass is 10.1. The molecule has 0 aromatic heterocycles. The number of nitrogens with one attached hydrogen (secondary N) is 1. The van der Waals surface area contributed by atoms with E-state index in [0.717, 1.165) is 23.3 Å². The van der Waals surface area contributed by atoms with Crippen molar-refractivity contribution in [3.63, 3.8) is 0 Å². The third-order valence-corrected chi connectivity index (χ3v) is 5.37. The molecule has 122 valence electrons. The number of likely N-dealkylation sites (N-methyl/N-ethyl adjacent to an activating group) is 1. The minimum atomic E-state index is -3.53. The maximum Gasteiger partial charge on any atom is 0.279 e. The molecule has 0 spiro atoms. The third-order valence-electron chi connectivity index (χ3n) is 3.89. The molecule has 1 aliphatic heterocycles. The zero-order valence-corrected chi connectivity index (χ0v) is 13.8. The number of ether oxygens (including phenoxy) is 1. The first-order chi connectivity index (χ1) is 11.0. The highest BCUT2D eigenvalue weighted by molar-refractivity contribution is 7.87. The molecule has 0 bridgehead atoms. The fourth-order valence-electron chi connectivity index (χ4n) is 2.62. The van der Waals surface area contributed by atoms with E-state index >= 15 is 0 Å². The van der Waals surface area contributed by atoms with Gasteiger partial charge in [0.15, 0.2) is 0 Å². The summed E-state index contributed by atoms with van der Waals surface area (Å²) in [5.41, 5.74) is 2.05. The van der Waals surface area contributed by atoms with Crippen LogP contribution >= 0.6 is 0 Å². The second-order valence-corrected chi connectivity index (χ2v) is 7.51. The van der Waals surface area contributed by atoms with Gasteiger partial charge in [-0.1, -0.05) is 48.5 Å². The second kappa shape index (κ2) is 6.70. The average Bonchev–Trinajstić information content (AvgIpc) is 2.96. The Morgan fingerprint density at radius 2 is 1.83 bits per heavy atom. The molecule has 0 amide bonds. The van der Waals surface area contributed by atoms with E-state index in [1.54, 1.807) is 7.05 Å². The second-order valence-electron chi connectivity index (χ2n) is 5.64. The van der Waals surface area contributed by atoms with E-state index in [-0.39, 0.29) is 12.6 Å².